The van der Waals surface area contributed by atoms with E-state index in [0.29, 0.717) is 11.0 Å². The van der Waals surface area contributed by atoms with Gasteiger partial charge in [-0.2, -0.15) is 13.2 Å². The number of rotatable bonds is 3. The molecule has 0 fully saturated rings. The lowest BCUT2D eigenvalue weighted by Crippen LogP contribution is -2.28. The van der Waals surface area contributed by atoms with Crippen molar-refractivity contribution in [2.24, 2.45) is 0 Å². The number of fused-ring (bicyclic) bond motifs is 1. The van der Waals surface area contributed by atoms with Crippen LogP contribution >= 0.6 is 0 Å². The van der Waals surface area contributed by atoms with Crippen molar-refractivity contribution in [3.05, 3.63) is 58.4 Å². The minimum absolute atomic E-state index is 0.191. The molecule has 24 heavy (non-hydrogen) atoms. The summed E-state index contributed by atoms with van der Waals surface area (Å²) in [5.41, 5.74) is 0.418. The molecule has 0 amide bonds. The maximum atomic E-state index is 13.1. The van der Waals surface area contributed by atoms with Crippen molar-refractivity contribution >= 4 is 18.4 Å². The summed E-state index contributed by atoms with van der Waals surface area (Å²) in [5.74, 6) is -0.678. The molecule has 0 radical (unpaired) electrons. The van der Waals surface area contributed by atoms with E-state index in [1.807, 2.05) is 0 Å². The molecule has 0 spiro atoms. The summed E-state index contributed by atoms with van der Waals surface area (Å²) in [4.78, 5) is 15.8. The summed E-state index contributed by atoms with van der Waals surface area (Å²) in [6.07, 6.45) is -4.91. The molecule has 8 heteroatoms. The van der Waals surface area contributed by atoms with E-state index in [2.05, 4.69) is 4.98 Å². The molecule has 0 bridgehead atoms. The minimum atomic E-state index is -4.70. The van der Waals surface area contributed by atoms with E-state index in [1.54, 1.807) is 18.2 Å². The van der Waals surface area contributed by atoms with Gasteiger partial charge < -0.3 is 9.68 Å². The standard InChI is InChI=1S/C16H13BF3NO3/c1-9-2-5-12(15(21-9)16(18,19)20)14(22)7-10-3-4-11-8-24-17(23)13(11)6-10/h2-6,23H,7-8H2,1H3. The zero-order valence-electron chi connectivity index (χ0n) is 12.7. The van der Waals surface area contributed by atoms with Gasteiger partial charge in [0.25, 0.3) is 0 Å². The lowest BCUT2D eigenvalue weighted by molar-refractivity contribution is -0.141. The van der Waals surface area contributed by atoms with Crippen LogP contribution in [0.15, 0.2) is 30.3 Å². The van der Waals surface area contributed by atoms with Gasteiger partial charge in [-0.15, -0.1) is 0 Å². The number of carbonyl (C=O) groups is 1. The molecule has 3 rings (SSSR count). The average molecular weight is 335 g/mol. The van der Waals surface area contributed by atoms with Crippen LogP contribution in [0.1, 0.15) is 32.9 Å². The maximum Gasteiger partial charge on any atom is 0.491 e. The van der Waals surface area contributed by atoms with Crippen LogP contribution in [-0.2, 0) is 23.9 Å². The van der Waals surface area contributed by atoms with E-state index in [9.17, 15) is 23.0 Å². The van der Waals surface area contributed by atoms with E-state index >= 15 is 0 Å². The van der Waals surface area contributed by atoms with Crippen LogP contribution < -0.4 is 5.46 Å². The Hall–Kier alpha value is -2.19. The largest absolute Gasteiger partial charge is 0.491 e. The van der Waals surface area contributed by atoms with Crippen molar-refractivity contribution in [3.8, 4) is 0 Å². The quantitative estimate of drug-likeness (QED) is 0.689. The van der Waals surface area contributed by atoms with Crippen LogP contribution in [-0.4, -0.2) is 22.9 Å². The number of nitrogens with zero attached hydrogens (tertiary/aromatic N) is 1. The number of hydrogen-bond acceptors (Lipinski definition) is 4. The van der Waals surface area contributed by atoms with Gasteiger partial charge in [0.1, 0.15) is 0 Å². The van der Waals surface area contributed by atoms with Crippen molar-refractivity contribution in [1.82, 2.24) is 4.98 Å². The fourth-order valence-electron chi connectivity index (χ4n) is 2.65. The molecule has 2 heterocycles. The number of pyridine rings is 1. The maximum absolute atomic E-state index is 13.1. The molecule has 2 aromatic rings. The van der Waals surface area contributed by atoms with Crippen LogP contribution in [0, 0.1) is 6.92 Å². The number of halogens is 3. The van der Waals surface area contributed by atoms with Gasteiger partial charge >= 0.3 is 13.3 Å². The Balaban J connectivity index is 1.90. The smallest absolute Gasteiger partial charge is 0.423 e. The summed E-state index contributed by atoms with van der Waals surface area (Å²) in [5, 5.41) is 9.67. The fraction of sp³-hybridized carbons (Fsp3) is 0.250. The Morgan fingerprint density at radius 1 is 1.33 bits per heavy atom. The molecule has 1 aromatic carbocycles. The van der Waals surface area contributed by atoms with E-state index in [-0.39, 0.29) is 18.7 Å². The van der Waals surface area contributed by atoms with Crippen LogP contribution in [0.5, 0.6) is 0 Å². The molecular weight excluding hydrogens is 322 g/mol. The Morgan fingerprint density at radius 2 is 2.08 bits per heavy atom. The highest BCUT2D eigenvalue weighted by Crippen LogP contribution is 2.31. The molecule has 0 saturated heterocycles. The summed E-state index contributed by atoms with van der Waals surface area (Å²) in [6.45, 7) is 1.70. The van der Waals surface area contributed by atoms with Crippen LogP contribution in [0.25, 0.3) is 0 Å². The molecule has 0 atom stereocenters. The average Bonchev–Trinajstić information content (AvgIpc) is 2.87. The number of alkyl halides is 3. The molecule has 1 aromatic heterocycles. The number of carbonyl (C=O) groups excluding carboxylic acids is 1. The van der Waals surface area contributed by atoms with E-state index in [0.717, 1.165) is 11.6 Å². The lowest BCUT2D eigenvalue weighted by atomic mass is 9.78. The summed E-state index contributed by atoms with van der Waals surface area (Å²) >= 11 is 0. The van der Waals surface area contributed by atoms with Gasteiger partial charge in [-0.05, 0) is 35.6 Å². The Morgan fingerprint density at radius 3 is 2.79 bits per heavy atom. The predicted octanol–water partition coefficient (Wildman–Crippen LogP) is 2.05. The molecular formula is C16H13BF3NO3. The third-order valence-corrected chi connectivity index (χ3v) is 3.84. The normalized spacial score (nSPS) is 14.0. The first-order chi connectivity index (χ1) is 11.3. The van der Waals surface area contributed by atoms with E-state index < -0.39 is 30.3 Å². The molecule has 1 aliphatic rings. The van der Waals surface area contributed by atoms with Crippen molar-refractivity contribution in [2.45, 2.75) is 26.1 Å². The summed E-state index contributed by atoms with van der Waals surface area (Å²) in [7, 11) is -1.07. The second-order valence-electron chi connectivity index (χ2n) is 5.64. The highest BCUT2D eigenvalue weighted by atomic mass is 19.4. The Kier molecular flexibility index (Phi) is 4.19. The summed E-state index contributed by atoms with van der Waals surface area (Å²) in [6, 6.07) is 7.46. The fourth-order valence-corrected chi connectivity index (χ4v) is 2.65. The molecule has 124 valence electrons. The topological polar surface area (TPSA) is 59.4 Å². The number of Topliss-reactive ketones (excluding diaryl/α,β-unsaturated/α-hetero) is 1. The number of aromatic nitrogens is 1. The van der Waals surface area contributed by atoms with Gasteiger partial charge in [-0.25, -0.2) is 4.98 Å². The first kappa shape index (κ1) is 16.7. The first-order valence-corrected chi connectivity index (χ1v) is 7.25. The SMILES string of the molecule is Cc1ccc(C(=O)Cc2ccc3c(c2)B(O)OC3)c(C(F)(F)F)n1. The van der Waals surface area contributed by atoms with Crippen LogP contribution in [0.3, 0.4) is 0 Å². The van der Waals surface area contributed by atoms with E-state index in [4.69, 9.17) is 4.65 Å². The van der Waals surface area contributed by atoms with Crippen LogP contribution in [0.4, 0.5) is 13.2 Å². The molecule has 1 aliphatic heterocycles. The number of hydrogen-bond donors (Lipinski definition) is 1. The number of benzene rings is 1. The molecule has 1 N–H and O–H groups in total. The third kappa shape index (κ3) is 3.20. The van der Waals surface area contributed by atoms with Crippen LogP contribution in [0.2, 0.25) is 0 Å². The zero-order chi connectivity index (χ0) is 17.5. The van der Waals surface area contributed by atoms with Crippen molar-refractivity contribution < 1.29 is 27.6 Å². The van der Waals surface area contributed by atoms with Crippen molar-refractivity contribution in [3.63, 3.8) is 0 Å². The molecule has 0 unspecified atom stereocenters. The van der Waals surface area contributed by atoms with Gasteiger partial charge in [-0.1, -0.05) is 18.2 Å². The molecule has 0 saturated carbocycles. The van der Waals surface area contributed by atoms with Crippen molar-refractivity contribution in [2.75, 3.05) is 0 Å². The van der Waals surface area contributed by atoms with Gasteiger partial charge in [-0.3, -0.25) is 4.79 Å². The minimum Gasteiger partial charge on any atom is -0.423 e. The monoisotopic (exact) mass is 335 g/mol. The second-order valence-corrected chi connectivity index (χ2v) is 5.64. The zero-order valence-corrected chi connectivity index (χ0v) is 12.7. The van der Waals surface area contributed by atoms with Gasteiger partial charge in [0.15, 0.2) is 11.5 Å². The van der Waals surface area contributed by atoms with Crippen molar-refractivity contribution in [1.29, 1.82) is 0 Å². The second kappa shape index (κ2) is 6.03. The number of aryl methyl sites for hydroxylation is 1. The lowest BCUT2D eigenvalue weighted by Gasteiger charge is -2.12. The summed E-state index contributed by atoms with van der Waals surface area (Å²) < 4.78 is 44.3. The Labute approximate surface area is 136 Å². The van der Waals surface area contributed by atoms with E-state index in [1.165, 1.54) is 13.0 Å². The number of ketones is 1. The van der Waals surface area contributed by atoms with Gasteiger partial charge in [0, 0.05) is 17.7 Å². The highest BCUT2D eigenvalue weighted by molar-refractivity contribution is 6.61. The third-order valence-electron chi connectivity index (χ3n) is 3.84. The predicted molar refractivity (Wildman–Crippen MR) is 80.8 cm³/mol. The highest BCUT2D eigenvalue weighted by Gasteiger charge is 2.37. The Bertz CT molecular complexity index is 808. The molecule has 4 nitrogen and oxygen atoms in total. The van der Waals surface area contributed by atoms with Gasteiger partial charge in [0.05, 0.1) is 6.61 Å². The first-order valence-electron chi connectivity index (χ1n) is 7.25. The molecule has 0 aliphatic carbocycles. The van der Waals surface area contributed by atoms with Gasteiger partial charge in [0.2, 0.25) is 0 Å².